The van der Waals surface area contributed by atoms with Crippen LogP contribution in [0.3, 0.4) is 0 Å². The van der Waals surface area contributed by atoms with E-state index in [4.69, 9.17) is 5.73 Å². The Labute approximate surface area is 140 Å². The van der Waals surface area contributed by atoms with E-state index in [0.717, 1.165) is 23.6 Å². The molecule has 9 heteroatoms. The third-order valence-electron chi connectivity index (χ3n) is 3.86. The predicted octanol–water partition coefficient (Wildman–Crippen LogP) is 2.52. The maximum absolute atomic E-state index is 12.9. The summed E-state index contributed by atoms with van der Waals surface area (Å²) >= 11 is 0. The summed E-state index contributed by atoms with van der Waals surface area (Å²) in [5, 5.41) is 6.01. The van der Waals surface area contributed by atoms with Crippen molar-refractivity contribution in [2.24, 2.45) is 5.73 Å². The Kier molecular flexibility index (Phi) is 4.23. The molecule has 0 aliphatic heterocycles. The highest BCUT2D eigenvalue weighted by Gasteiger charge is 2.38. The molecule has 0 atom stereocenters. The van der Waals surface area contributed by atoms with E-state index in [-0.39, 0.29) is 23.7 Å². The molecule has 1 fully saturated rings. The Bertz CT molecular complexity index is 825. The Hall–Kier alpha value is -2.84. The molecule has 2 amide bonds. The van der Waals surface area contributed by atoms with Crippen LogP contribution >= 0.6 is 0 Å². The lowest BCUT2D eigenvalue weighted by Crippen LogP contribution is -2.23. The van der Waals surface area contributed by atoms with E-state index >= 15 is 0 Å². The summed E-state index contributed by atoms with van der Waals surface area (Å²) in [6.45, 7) is -0.380. The maximum atomic E-state index is 12.9. The first-order valence-electron chi connectivity index (χ1n) is 7.59. The second-order valence-corrected chi connectivity index (χ2v) is 5.84. The molecule has 132 valence electrons. The number of para-hydroxylation sites is 1. The van der Waals surface area contributed by atoms with Crippen molar-refractivity contribution >= 4 is 17.5 Å². The quantitative estimate of drug-likeness (QED) is 0.866. The molecule has 1 heterocycles. The van der Waals surface area contributed by atoms with Gasteiger partial charge >= 0.3 is 6.18 Å². The smallest absolute Gasteiger partial charge is 0.366 e. The number of nitrogens with one attached hydrogen (secondary N) is 1. The number of benzene rings is 1. The van der Waals surface area contributed by atoms with Gasteiger partial charge in [0.25, 0.3) is 5.91 Å². The number of primary amides is 1. The van der Waals surface area contributed by atoms with Crippen LogP contribution in [0.5, 0.6) is 0 Å². The predicted molar refractivity (Wildman–Crippen MR) is 82.8 cm³/mol. The van der Waals surface area contributed by atoms with Crippen LogP contribution in [-0.4, -0.2) is 21.6 Å². The van der Waals surface area contributed by atoms with E-state index in [1.807, 2.05) is 0 Å². The molecule has 0 spiro atoms. The lowest BCUT2D eigenvalue weighted by atomic mass is 10.1. The van der Waals surface area contributed by atoms with Crippen LogP contribution in [0, 0.1) is 0 Å². The number of aromatic nitrogens is 2. The lowest BCUT2D eigenvalue weighted by molar-refractivity contribution is -0.141. The number of hydrogen-bond donors (Lipinski definition) is 2. The highest BCUT2D eigenvalue weighted by atomic mass is 19.4. The molecule has 0 unspecified atom stereocenters. The molecule has 25 heavy (non-hydrogen) atoms. The summed E-state index contributed by atoms with van der Waals surface area (Å²) in [4.78, 5) is 23.6. The monoisotopic (exact) mass is 352 g/mol. The van der Waals surface area contributed by atoms with Crippen LogP contribution in [0.1, 0.15) is 40.5 Å². The number of rotatable bonds is 5. The number of nitrogens with two attached hydrogens (primary N) is 1. The fraction of sp³-hybridized carbons (Fsp3) is 0.312. The SMILES string of the molecule is NC(=O)c1ccccc1NC(=O)Cn1nc(C(F)(F)F)cc1C1CC1. The van der Waals surface area contributed by atoms with E-state index in [0.29, 0.717) is 5.69 Å². The third kappa shape index (κ3) is 3.81. The fourth-order valence-electron chi connectivity index (χ4n) is 2.54. The van der Waals surface area contributed by atoms with Crippen molar-refractivity contribution in [3.05, 3.63) is 47.3 Å². The molecule has 1 aliphatic rings. The summed E-state index contributed by atoms with van der Waals surface area (Å²) in [6, 6.07) is 7.12. The normalized spacial score (nSPS) is 14.4. The van der Waals surface area contributed by atoms with E-state index in [2.05, 4.69) is 10.4 Å². The molecule has 0 radical (unpaired) electrons. The lowest BCUT2D eigenvalue weighted by Gasteiger charge is -2.10. The van der Waals surface area contributed by atoms with Gasteiger partial charge in [-0.05, 0) is 31.0 Å². The van der Waals surface area contributed by atoms with Gasteiger partial charge in [-0.3, -0.25) is 14.3 Å². The van der Waals surface area contributed by atoms with Crippen molar-refractivity contribution in [3.8, 4) is 0 Å². The minimum absolute atomic E-state index is 0.00527. The molecule has 0 saturated heterocycles. The molecule has 0 bridgehead atoms. The van der Waals surface area contributed by atoms with Crippen molar-refractivity contribution in [1.29, 1.82) is 0 Å². The number of carbonyl (C=O) groups excluding carboxylic acids is 2. The van der Waals surface area contributed by atoms with Gasteiger partial charge in [-0.15, -0.1) is 0 Å². The van der Waals surface area contributed by atoms with Crippen molar-refractivity contribution in [2.45, 2.75) is 31.5 Å². The Morgan fingerprint density at radius 3 is 2.56 bits per heavy atom. The number of anilines is 1. The zero-order valence-corrected chi connectivity index (χ0v) is 13.0. The molecule has 6 nitrogen and oxygen atoms in total. The number of carbonyl (C=O) groups is 2. The summed E-state index contributed by atoms with van der Waals surface area (Å²) in [5.41, 5.74) is 4.94. The standard InChI is InChI=1S/C16H15F3N4O2/c17-16(18,19)13-7-12(9-5-6-9)23(22-13)8-14(24)21-11-4-2-1-3-10(11)15(20)25/h1-4,7,9H,5-6,8H2,(H2,20,25)(H,21,24). The fourth-order valence-corrected chi connectivity index (χ4v) is 2.54. The van der Waals surface area contributed by atoms with Crippen LogP contribution in [0.25, 0.3) is 0 Å². The molecule has 3 N–H and O–H groups in total. The largest absolute Gasteiger partial charge is 0.435 e. The first-order valence-corrected chi connectivity index (χ1v) is 7.59. The van der Waals surface area contributed by atoms with Crippen molar-refractivity contribution in [1.82, 2.24) is 9.78 Å². The van der Waals surface area contributed by atoms with Crippen LogP contribution < -0.4 is 11.1 Å². The van der Waals surface area contributed by atoms with Gasteiger partial charge in [-0.2, -0.15) is 18.3 Å². The zero-order chi connectivity index (χ0) is 18.2. The van der Waals surface area contributed by atoms with Crippen molar-refractivity contribution in [2.75, 3.05) is 5.32 Å². The van der Waals surface area contributed by atoms with Gasteiger partial charge in [0.15, 0.2) is 5.69 Å². The molecule has 1 saturated carbocycles. The van der Waals surface area contributed by atoms with Gasteiger partial charge in [0, 0.05) is 11.6 Å². The number of nitrogens with zero attached hydrogens (tertiary/aromatic N) is 2. The average Bonchev–Trinajstić information content (AvgIpc) is 3.27. The third-order valence-corrected chi connectivity index (χ3v) is 3.86. The van der Waals surface area contributed by atoms with Gasteiger partial charge in [0.2, 0.25) is 5.91 Å². The molecular formula is C16H15F3N4O2. The average molecular weight is 352 g/mol. The van der Waals surface area contributed by atoms with E-state index < -0.39 is 23.7 Å². The van der Waals surface area contributed by atoms with E-state index in [1.54, 1.807) is 12.1 Å². The van der Waals surface area contributed by atoms with Gasteiger partial charge in [0.05, 0.1) is 11.3 Å². The Morgan fingerprint density at radius 2 is 1.96 bits per heavy atom. The first-order chi connectivity index (χ1) is 11.8. The number of alkyl halides is 3. The van der Waals surface area contributed by atoms with Gasteiger partial charge in [-0.1, -0.05) is 12.1 Å². The number of halogens is 3. The molecule has 3 rings (SSSR count). The molecule has 1 aliphatic carbocycles. The summed E-state index contributed by atoms with van der Waals surface area (Å²) in [6.07, 6.45) is -3.02. The molecular weight excluding hydrogens is 337 g/mol. The van der Waals surface area contributed by atoms with Gasteiger partial charge in [-0.25, -0.2) is 0 Å². The first kappa shape index (κ1) is 17.0. The van der Waals surface area contributed by atoms with Crippen molar-refractivity contribution in [3.63, 3.8) is 0 Å². The van der Waals surface area contributed by atoms with Crippen LogP contribution in [0.2, 0.25) is 0 Å². The minimum Gasteiger partial charge on any atom is -0.366 e. The highest BCUT2D eigenvalue weighted by molar-refractivity contribution is 6.02. The molecule has 1 aromatic heterocycles. The second-order valence-electron chi connectivity index (χ2n) is 5.84. The second kappa shape index (κ2) is 6.23. The summed E-state index contributed by atoms with van der Waals surface area (Å²) in [5.74, 6) is -1.31. The molecule has 1 aromatic carbocycles. The van der Waals surface area contributed by atoms with E-state index in [9.17, 15) is 22.8 Å². The maximum Gasteiger partial charge on any atom is 0.435 e. The van der Waals surface area contributed by atoms with E-state index in [1.165, 1.54) is 12.1 Å². The van der Waals surface area contributed by atoms with Crippen LogP contribution in [0.15, 0.2) is 30.3 Å². The number of amides is 2. The van der Waals surface area contributed by atoms with Gasteiger partial charge in [0.1, 0.15) is 6.54 Å². The van der Waals surface area contributed by atoms with Gasteiger partial charge < -0.3 is 11.1 Å². The van der Waals surface area contributed by atoms with Crippen LogP contribution in [0.4, 0.5) is 18.9 Å². The van der Waals surface area contributed by atoms with Crippen molar-refractivity contribution < 1.29 is 22.8 Å². The topological polar surface area (TPSA) is 90.0 Å². The number of hydrogen-bond acceptors (Lipinski definition) is 3. The molecule has 2 aromatic rings. The minimum atomic E-state index is -4.57. The zero-order valence-electron chi connectivity index (χ0n) is 13.0. The summed E-state index contributed by atoms with van der Waals surface area (Å²) in [7, 11) is 0. The Balaban J connectivity index is 1.80. The van der Waals surface area contributed by atoms with Crippen LogP contribution in [-0.2, 0) is 17.5 Å². The highest BCUT2D eigenvalue weighted by Crippen LogP contribution is 2.42. The summed E-state index contributed by atoms with van der Waals surface area (Å²) < 4.78 is 39.7. The Morgan fingerprint density at radius 1 is 1.28 bits per heavy atom.